The first-order chi connectivity index (χ1) is 16.2. The average molecular weight is 463 g/mol. The van der Waals surface area contributed by atoms with E-state index >= 15 is 0 Å². The summed E-state index contributed by atoms with van der Waals surface area (Å²) in [6, 6.07) is 17.4. The van der Waals surface area contributed by atoms with Crippen molar-refractivity contribution in [3.8, 4) is 11.4 Å². The number of benzene rings is 2. The lowest BCUT2D eigenvalue weighted by Crippen LogP contribution is -2.37. The molecule has 2 aromatic carbocycles. The number of hydrogen-bond acceptors (Lipinski definition) is 5. The number of aromatic nitrogens is 2. The van der Waals surface area contributed by atoms with Crippen LogP contribution in [0.25, 0.3) is 11.4 Å². The van der Waals surface area contributed by atoms with Crippen molar-refractivity contribution in [1.29, 1.82) is 0 Å². The van der Waals surface area contributed by atoms with Crippen molar-refractivity contribution >= 4 is 17.5 Å². The molecule has 6 nitrogen and oxygen atoms in total. The lowest BCUT2D eigenvalue weighted by molar-refractivity contribution is 0.0339. The Morgan fingerprint density at radius 3 is 2.76 bits per heavy atom. The number of likely N-dealkylation sites (tertiary alicyclic amines) is 1. The van der Waals surface area contributed by atoms with Gasteiger partial charge in [0.05, 0.1) is 24.9 Å². The molecule has 33 heavy (non-hydrogen) atoms. The van der Waals surface area contributed by atoms with Crippen LogP contribution in [0.3, 0.4) is 0 Å². The number of amides is 1. The zero-order valence-corrected chi connectivity index (χ0v) is 19.2. The number of hydrogen-bond donors (Lipinski definition) is 0. The van der Waals surface area contributed by atoms with Gasteiger partial charge in [0.15, 0.2) is 5.82 Å². The quantitative estimate of drug-likeness (QED) is 0.554. The molecule has 5 rings (SSSR count). The summed E-state index contributed by atoms with van der Waals surface area (Å²) in [5, 5.41) is 0.649. The minimum atomic E-state index is -0.0603. The molecular formula is C26H27ClN4O2. The van der Waals surface area contributed by atoms with E-state index in [0.29, 0.717) is 10.8 Å². The topological polar surface area (TPSA) is 58.6 Å². The molecule has 2 saturated heterocycles. The molecule has 2 fully saturated rings. The smallest absolute Gasteiger partial charge is 0.254 e. The van der Waals surface area contributed by atoms with Crippen molar-refractivity contribution in [1.82, 2.24) is 19.8 Å². The molecule has 0 spiro atoms. The predicted molar refractivity (Wildman–Crippen MR) is 128 cm³/mol. The molecule has 0 N–H and O–H groups in total. The van der Waals surface area contributed by atoms with Gasteiger partial charge in [0.2, 0.25) is 0 Å². The van der Waals surface area contributed by atoms with E-state index < -0.39 is 0 Å². The third kappa shape index (κ3) is 4.93. The summed E-state index contributed by atoms with van der Waals surface area (Å²) in [5.74, 6) is 0.700. The molecule has 0 unspecified atom stereocenters. The van der Waals surface area contributed by atoms with Crippen LogP contribution in [0.5, 0.6) is 0 Å². The normalized spacial score (nSPS) is 19.1. The van der Waals surface area contributed by atoms with Crippen LogP contribution in [0.15, 0.2) is 60.8 Å². The Morgan fingerprint density at radius 1 is 1.06 bits per heavy atom. The number of rotatable bonds is 5. The monoisotopic (exact) mass is 462 g/mol. The highest BCUT2D eigenvalue weighted by Crippen LogP contribution is 2.33. The van der Waals surface area contributed by atoms with Gasteiger partial charge in [-0.15, -0.1) is 0 Å². The Balaban J connectivity index is 1.39. The highest BCUT2D eigenvalue weighted by molar-refractivity contribution is 6.30. The molecule has 0 radical (unpaired) electrons. The number of carbonyl (C=O) groups is 1. The molecule has 0 aliphatic carbocycles. The van der Waals surface area contributed by atoms with Gasteiger partial charge in [-0.25, -0.2) is 9.97 Å². The van der Waals surface area contributed by atoms with Gasteiger partial charge in [0.25, 0.3) is 5.91 Å². The molecule has 2 aliphatic rings. The van der Waals surface area contributed by atoms with Gasteiger partial charge in [-0.3, -0.25) is 9.69 Å². The van der Waals surface area contributed by atoms with Crippen LogP contribution in [0.4, 0.5) is 0 Å². The number of halogens is 1. The summed E-state index contributed by atoms with van der Waals surface area (Å²) in [7, 11) is 0. The van der Waals surface area contributed by atoms with Gasteiger partial charge < -0.3 is 9.64 Å². The van der Waals surface area contributed by atoms with Crippen molar-refractivity contribution in [2.75, 3.05) is 32.8 Å². The molecule has 1 aromatic heterocycles. The van der Waals surface area contributed by atoms with E-state index in [1.54, 1.807) is 6.20 Å². The summed E-state index contributed by atoms with van der Waals surface area (Å²) in [6.07, 6.45) is 3.62. The Hall–Kier alpha value is -2.80. The second-order valence-electron chi connectivity index (χ2n) is 8.52. The highest BCUT2D eigenvalue weighted by Gasteiger charge is 2.33. The molecule has 170 valence electrons. The van der Waals surface area contributed by atoms with E-state index in [-0.39, 0.29) is 11.9 Å². The molecule has 2 aliphatic heterocycles. The fourth-order valence-corrected chi connectivity index (χ4v) is 4.85. The molecule has 0 saturated carbocycles. The largest absolute Gasteiger partial charge is 0.379 e. The Bertz CT molecular complexity index is 1130. The minimum absolute atomic E-state index is 0.0603. The van der Waals surface area contributed by atoms with Crippen LogP contribution >= 0.6 is 11.6 Å². The minimum Gasteiger partial charge on any atom is -0.379 e. The summed E-state index contributed by atoms with van der Waals surface area (Å²) >= 11 is 6.16. The molecular weight excluding hydrogens is 436 g/mol. The molecule has 7 heteroatoms. The second-order valence-corrected chi connectivity index (χ2v) is 8.95. The summed E-state index contributed by atoms with van der Waals surface area (Å²) < 4.78 is 5.47. The lowest BCUT2D eigenvalue weighted by Gasteiger charge is -2.29. The fourth-order valence-electron chi connectivity index (χ4n) is 4.66. The van der Waals surface area contributed by atoms with Crippen molar-refractivity contribution in [2.24, 2.45) is 0 Å². The van der Waals surface area contributed by atoms with Gasteiger partial charge in [0, 0.05) is 48.5 Å². The van der Waals surface area contributed by atoms with Gasteiger partial charge in [-0.05, 0) is 42.7 Å². The van der Waals surface area contributed by atoms with Crippen molar-refractivity contribution in [3.63, 3.8) is 0 Å². The molecule has 1 atom stereocenters. The Labute approximate surface area is 199 Å². The van der Waals surface area contributed by atoms with Crippen molar-refractivity contribution in [3.05, 3.63) is 82.6 Å². The summed E-state index contributed by atoms with van der Waals surface area (Å²) in [4.78, 5) is 27.3. The maximum absolute atomic E-state index is 13.7. The Kier molecular flexibility index (Phi) is 6.67. The highest BCUT2D eigenvalue weighted by atomic mass is 35.5. The zero-order chi connectivity index (χ0) is 22.6. The fraction of sp³-hybridized carbons (Fsp3) is 0.346. The maximum Gasteiger partial charge on any atom is 0.254 e. The van der Waals surface area contributed by atoms with Gasteiger partial charge in [-0.2, -0.15) is 0 Å². The first kappa shape index (κ1) is 22.0. The average Bonchev–Trinajstić information content (AvgIpc) is 3.35. The van der Waals surface area contributed by atoms with Crippen LogP contribution in [0.2, 0.25) is 5.02 Å². The van der Waals surface area contributed by atoms with Crippen LogP contribution in [0.1, 0.15) is 40.5 Å². The third-order valence-corrected chi connectivity index (χ3v) is 6.60. The van der Waals surface area contributed by atoms with Crippen molar-refractivity contribution < 1.29 is 9.53 Å². The Morgan fingerprint density at radius 2 is 1.91 bits per heavy atom. The standard InChI is InChI=1S/C26H27ClN4O2/c27-21-7-3-6-19(17-21)25-28-11-10-23(29-25)24-9-4-12-31(24)26(32)22-8-2-1-5-20(22)18-30-13-15-33-16-14-30/h1-3,5-8,10-11,17,24H,4,9,12-16,18H2/t24-/m0/s1. The van der Waals surface area contributed by atoms with E-state index in [2.05, 4.69) is 16.0 Å². The van der Waals surface area contributed by atoms with E-state index in [4.69, 9.17) is 21.3 Å². The SMILES string of the molecule is O=C(c1ccccc1CN1CCOCC1)N1CCC[C@H]1c1ccnc(-c2cccc(Cl)c2)n1. The van der Waals surface area contributed by atoms with Gasteiger partial charge in [0.1, 0.15) is 0 Å². The summed E-state index contributed by atoms with van der Waals surface area (Å²) in [5.41, 5.74) is 3.59. The first-order valence-corrected chi connectivity index (χ1v) is 11.8. The summed E-state index contributed by atoms with van der Waals surface area (Å²) in [6.45, 7) is 4.76. The van der Waals surface area contributed by atoms with Crippen LogP contribution < -0.4 is 0 Å². The van der Waals surface area contributed by atoms with Crippen LogP contribution in [0, 0.1) is 0 Å². The van der Waals surface area contributed by atoms with Crippen molar-refractivity contribution in [2.45, 2.75) is 25.4 Å². The van der Waals surface area contributed by atoms with Gasteiger partial charge in [-0.1, -0.05) is 41.9 Å². The number of morpholine rings is 1. The maximum atomic E-state index is 13.7. The lowest BCUT2D eigenvalue weighted by atomic mass is 10.0. The van der Waals surface area contributed by atoms with E-state index in [1.807, 2.05) is 53.4 Å². The molecule has 3 aromatic rings. The van der Waals surface area contributed by atoms with E-state index in [1.165, 1.54) is 0 Å². The molecule has 3 heterocycles. The second kappa shape index (κ2) is 10.00. The van der Waals surface area contributed by atoms with Gasteiger partial charge >= 0.3 is 0 Å². The van der Waals surface area contributed by atoms with Crippen LogP contribution in [-0.4, -0.2) is 58.5 Å². The predicted octanol–water partition coefficient (Wildman–Crippen LogP) is 4.61. The number of nitrogens with zero attached hydrogens (tertiary/aromatic N) is 4. The number of ether oxygens (including phenoxy) is 1. The third-order valence-electron chi connectivity index (χ3n) is 6.36. The zero-order valence-electron chi connectivity index (χ0n) is 18.5. The van der Waals surface area contributed by atoms with E-state index in [9.17, 15) is 4.79 Å². The first-order valence-electron chi connectivity index (χ1n) is 11.5. The van der Waals surface area contributed by atoms with Crippen LogP contribution in [-0.2, 0) is 11.3 Å². The number of carbonyl (C=O) groups excluding carboxylic acids is 1. The molecule has 0 bridgehead atoms. The molecule has 1 amide bonds. The van der Waals surface area contributed by atoms with E-state index in [0.717, 1.165) is 74.6 Å².